The van der Waals surface area contributed by atoms with Crippen LogP contribution in [0.2, 0.25) is 0 Å². The zero-order chi connectivity index (χ0) is 23.9. The van der Waals surface area contributed by atoms with Crippen LogP contribution in [0.25, 0.3) is 10.9 Å². The third kappa shape index (κ3) is 5.69. The van der Waals surface area contributed by atoms with Crippen LogP contribution in [0.1, 0.15) is 19.4 Å². The Morgan fingerprint density at radius 3 is 2.47 bits per heavy atom. The van der Waals surface area contributed by atoms with Gasteiger partial charge in [-0.25, -0.2) is 4.79 Å². The zero-order valence-electron chi connectivity index (χ0n) is 19.8. The van der Waals surface area contributed by atoms with Crippen LogP contribution < -0.4 is 15.4 Å². The van der Waals surface area contributed by atoms with Crippen molar-refractivity contribution in [3.63, 3.8) is 0 Å². The maximum absolute atomic E-state index is 13.5. The van der Waals surface area contributed by atoms with E-state index in [-0.39, 0.29) is 5.91 Å². The lowest BCUT2D eigenvalue weighted by Crippen LogP contribution is -2.56. The van der Waals surface area contributed by atoms with Crippen molar-refractivity contribution in [1.29, 1.82) is 0 Å². The van der Waals surface area contributed by atoms with Gasteiger partial charge in [0.15, 0.2) is 0 Å². The van der Waals surface area contributed by atoms with Crippen LogP contribution in [-0.4, -0.2) is 72.1 Å². The Balaban J connectivity index is 1.48. The van der Waals surface area contributed by atoms with Gasteiger partial charge in [-0.05, 0) is 49.4 Å². The van der Waals surface area contributed by atoms with E-state index in [0.717, 1.165) is 41.9 Å². The SMILES string of the molecule is CCOc1ccc(NC(=O)NC(Cc2c[nH]c3ccccc23)C(=O)N2CCN(CC)CC2)cc1. The number of nitrogens with zero attached hydrogens (tertiary/aromatic N) is 2. The van der Waals surface area contributed by atoms with Crippen molar-refractivity contribution in [3.8, 4) is 5.75 Å². The summed E-state index contributed by atoms with van der Waals surface area (Å²) in [5.74, 6) is 0.690. The Morgan fingerprint density at radius 2 is 1.76 bits per heavy atom. The predicted octanol–water partition coefficient (Wildman–Crippen LogP) is 3.46. The number of anilines is 1. The average molecular weight is 464 g/mol. The molecule has 0 radical (unpaired) electrons. The smallest absolute Gasteiger partial charge is 0.319 e. The van der Waals surface area contributed by atoms with Gasteiger partial charge in [0, 0.05) is 55.4 Å². The number of aromatic amines is 1. The zero-order valence-corrected chi connectivity index (χ0v) is 19.8. The molecule has 1 aliphatic rings. The Hall–Kier alpha value is -3.52. The molecule has 1 saturated heterocycles. The average Bonchev–Trinajstić information content (AvgIpc) is 3.27. The fourth-order valence-corrected chi connectivity index (χ4v) is 4.35. The third-order valence-electron chi connectivity index (χ3n) is 6.26. The summed E-state index contributed by atoms with van der Waals surface area (Å²) >= 11 is 0. The van der Waals surface area contributed by atoms with Crippen LogP contribution >= 0.6 is 0 Å². The van der Waals surface area contributed by atoms with Gasteiger partial charge in [-0.2, -0.15) is 0 Å². The summed E-state index contributed by atoms with van der Waals surface area (Å²) in [7, 11) is 0. The maximum atomic E-state index is 13.5. The molecule has 3 N–H and O–H groups in total. The second kappa shape index (κ2) is 11.1. The summed E-state index contributed by atoms with van der Waals surface area (Å²) in [6.07, 6.45) is 2.33. The van der Waals surface area contributed by atoms with Gasteiger partial charge in [-0.15, -0.1) is 0 Å². The number of hydrogen-bond donors (Lipinski definition) is 3. The summed E-state index contributed by atoms with van der Waals surface area (Å²) in [6.45, 7) is 8.64. The van der Waals surface area contributed by atoms with Crippen LogP contribution in [0, 0.1) is 0 Å². The number of nitrogens with one attached hydrogen (secondary N) is 3. The normalized spacial score (nSPS) is 15.2. The highest BCUT2D eigenvalue weighted by molar-refractivity contribution is 5.94. The molecule has 0 bridgehead atoms. The number of benzene rings is 2. The summed E-state index contributed by atoms with van der Waals surface area (Å²) in [5, 5.41) is 6.83. The van der Waals surface area contributed by atoms with Crippen molar-refractivity contribution in [2.45, 2.75) is 26.3 Å². The van der Waals surface area contributed by atoms with E-state index in [2.05, 4.69) is 27.4 Å². The lowest BCUT2D eigenvalue weighted by molar-refractivity contribution is -0.134. The number of fused-ring (bicyclic) bond motifs is 1. The third-order valence-corrected chi connectivity index (χ3v) is 6.26. The van der Waals surface area contributed by atoms with Crippen LogP contribution in [0.3, 0.4) is 0 Å². The number of para-hydroxylation sites is 1. The molecule has 1 aliphatic heterocycles. The van der Waals surface area contributed by atoms with Crippen molar-refractivity contribution < 1.29 is 14.3 Å². The summed E-state index contributed by atoms with van der Waals surface area (Å²) in [5.41, 5.74) is 2.65. The van der Waals surface area contributed by atoms with E-state index in [1.807, 2.05) is 42.3 Å². The van der Waals surface area contributed by atoms with E-state index >= 15 is 0 Å². The van der Waals surface area contributed by atoms with Crippen molar-refractivity contribution in [2.75, 3.05) is 44.6 Å². The summed E-state index contributed by atoms with van der Waals surface area (Å²) in [4.78, 5) is 33.8. The molecule has 0 spiro atoms. The first-order valence-corrected chi connectivity index (χ1v) is 11.9. The Kier molecular flexibility index (Phi) is 7.69. The van der Waals surface area contributed by atoms with Crippen molar-refractivity contribution in [3.05, 3.63) is 60.3 Å². The number of piperazine rings is 1. The molecule has 4 rings (SSSR count). The van der Waals surface area contributed by atoms with Gasteiger partial charge in [0.25, 0.3) is 0 Å². The predicted molar refractivity (Wildman–Crippen MR) is 134 cm³/mol. The fraction of sp³-hybridized carbons (Fsp3) is 0.385. The number of aromatic nitrogens is 1. The molecule has 3 aromatic rings. The van der Waals surface area contributed by atoms with Crippen molar-refractivity contribution >= 4 is 28.5 Å². The first-order chi connectivity index (χ1) is 16.6. The van der Waals surface area contributed by atoms with Gasteiger partial charge < -0.3 is 30.2 Å². The summed E-state index contributed by atoms with van der Waals surface area (Å²) in [6, 6.07) is 14.1. The molecule has 1 atom stereocenters. The number of likely N-dealkylation sites (N-methyl/N-ethyl adjacent to an activating group) is 1. The maximum Gasteiger partial charge on any atom is 0.319 e. The van der Waals surface area contributed by atoms with Gasteiger partial charge in [0.1, 0.15) is 11.8 Å². The van der Waals surface area contributed by atoms with E-state index in [0.29, 0.717) is 31.8 Å². The molecular weight excluding hydrogens is 430 g/mol. The van der Waals surface area contributed by atoms with Crippen LogP contribution in [0.15, 0.2) is 54.7 Å². The highest BCUT2D eigenvalue weighted by Crippen LogP contribution is 2.20. The minimum Gasteiger partial charge on any atom is -0.494 e. The Morgan fingerprint density at radius 1 is 1.03 bits per heavy atom. The number of H-pyrrole nitrogens is 1. The van der Waals surface area contributed by atoms with Crippen molar-refractivity contribution in [1.82, 2.24) is 20.1 Å². The van der Waals surface area contributed by atoms with Crippen LogP contribution in [-0.2, 0) is 11.2 Å². The monoisotopic (exact) mass is 463 g/mol. The molecule has 2 aromatic carbocycles. The molecule has 3 amide bonds. The molecule has 0 aliphatic carbocycles. The summed E-state index contributed by atoms with van der Waals surface area (Å²) < 4.78 is 5.45. The molecule has 180 valence electrons. The first-order valence-electron chi connectivity index (χ1n) is 11.9. The minimum atomic E-state index is -0.671. The number of ether oxygens (including phenoxy) is 1. The lowest BCUT2D eigenvalue weighted by Gasteiger charge is -2.36. The fourth-order valence-electron chi connectivity index (χ4n) is 4.35. The molecular formula is C26H33N5O3. The quantitative estimate of drug-likeness (QED) is 0.477. The topological polar surface area (TPSA) is 89.7 Å². The van der Waals surface area contributed by atoms with E-state index in [1.165, 1.54) is 0 Å². The van der Waals surface area contributed by atoms with Gasteiger partial charge in [0.2, 0.25) is 5.91 Å². The van der Waals surface area contributed by atoms with E-state index in [1.54, 1.807) is 24.3 Å². The van der Waals surface area contributed by atoms with Crippen molar-refractivity contribution in [2.24, 2.45) is 0 Å². The number of hydrogen-bond acceptors (Lipinski definition) is 4. The lowest BCUT2D eigenvalue weighted by atomic mass is 10.0. The molecule has 34 heavy (non-hydrogen) atoms. The van der Waals surface area contributed by atoms with E-state index in [4.69, 9.17) is 4.74 Å². The van der Waals surface area contributed by atoms with Crippen LogP contribution in [0.5, 0.6) is 5.75 Å². The first kappa shape index (κ1) is 23.6. The molecule has 1 unspecified atom stereocenters. The number of amides is 3. The number of urea groups is 1. The largest absolute Gasteiger partial charge is 0.494 e. The van der Waals surface area contributed by atoms with Gasteiger partial charge in [-0.1, -0.05) is 25.1 Å². The highest BCUT2D eigenvalue weighted by atomic mass is 16.5. The molecule has 1 aromatic heterocycles. The Labute approximate surface area is 200 Å². The second-order valence-corrected chi connectivity index (χ2v) is 8.43. The van der Waals surface area contributed by atoms with E-state index in [9.17, 15) is 9.59 Å². The Bertz CT molecular complexity index is 1100. The number of rotatable bonds is 8. The van der Waals surface area contributed by atoms with Gasteiger partial charge in [-0.3, -0.25) is 4.79 Å². The minimum absolute atomic E-state index is 0.0529. The molecule has 2 heterocycles. The highest BCUT2D eigenvalue weighted by Gasteiger charge is 2.29. The second-order valence-electron chi connectivity index (χ2n) is 8.43. The van der Waals surface area contributed by atoms with Gasteiger partial charge >= 0.3 is 6.03 Å². The standard InChI is InChI=1S/C26H33N5O3/c1-3-30-13-15-31(16-14-30)25(32)24(17-19-18-27-23-8-6-5-7-22(19)23)29-26(33)28-20-9-11-21(12-10-20)34-4-2/h5-12,18,24,27H,3-4,13-17H2,1-2H3,(H2,28,29,33). The van der Waals surface area contributed by atoms with Crippen LogP contribution in [0.4, 0.5) is 10.5 Å². The van der Waals surface area contributed by atoms with E-state index < -0.39 is 12.1 Å². The number of carbonyl (C=O) groups excluding carboxylic acids is 2. The molecule has 8 nitrogen and oxygen atoms in total. The molecule has 8 heteroatoms. The number of carbonyl (C=O) groups is 2. The molecule has 1 fully saturated rings. The van der Waals surface area contributed by atoms with Gasteiger partial charge in [0.05, 0.1) is 6.61 Å². The molecule has 0 saturated carbocycles.